The van der Waals surface area contributed by atoms with Gasteiger partial charge in [-0.3, -0.25) is 14.5 Å². The molecule has 4 rings (SSSR count). The van der Waals surface area contributed by atoms with Gasteiger partial charge in [-0.15, -0.1) is 21.5 Å². The number of rotatable bonds is 8. The average molecular weight is 454 g/mol. The molecule has 2 aromatic heterocycles. The van der Waals surface area contributed by atoms with Gasteiger partial charge in [0.1, 0.15) is 0 Å². The standard InChI is InChI=1S/C23H27N5O3S/c1-2-10-28(16-20-24-25-22(31-20)19-9-6-15-32-19)21(29)17-26-11-13-27(14-12-26)23(30)18-7-4-3-5-8-18/h3-9,15H,2,10-14,16-17H2,1H3. The first-order valence-corrected chi connectivity index (χ1v) is 11.7. The number of carbonyl (C=O) groups excluding carboxylic acids is 2. The molecule has 0 unspecified atom stereocenters. The fraction of sp³-hybridized carbons (Fsp3) is 0.391. The van der Waals surface area contributed by atoms with Crippen molar-refractivity contribution in [3.8, 4) is 10.8 Å². The van der Waals surface area contributed by atoms with Crippen LogP contribution in [0, 0.1) is 0 Å². The SMILES string of the molecule is CCCN(Cc1nnc(-c2cccs2)o1)C(=O)CN1CCN(C(=O)c2ccccc2)CC1. The molecule has 8 nitrogen and oxygen atoms in total. The van der Waals surface area contributed by atoms with Gasteiger partial charge in [-0.05, 0) is 30.0 Å². The minimum atomic E-state index is 0.0329. The second-order valence-corrected chi connectivity index (χ2v) is 8.68. The van der Waals surface area contributed by atoms with E-state index in [1.54, 1.807) is 4.90 Å². The van der Waals surface area contributed by atoms with E-state index in [0.717, 1.165) is 11.3 Å². The van der Waals surface area contributed by atoms with Crippen LogP contribution in [0.2, 0.25) is 0 Å². The second kappa shape index (κ2) is 10.5. The summed E-state index contributed by atoms with van der Waals surface area (Å²) >= 11 is 1.54. The maximum Gasteiger partial charge on any atom is 0.257 e. The average Bonchev–Trinajstić information content (AvgIpc) is 3.51. The number of benzene rings is 1. The highest BCUT2D eigenvalue weighted by molar-refractivity contribution is 7.13. The van der Waals surface area contributed by atoms with Crippen LogP contribution >= 0.6 is 11.3 Å². The molecule has 0 N–H and O–H groups in total. The van der Waals surface area contributed by atoms with E-state index in [4.69, 9.17) is 4.42 Å². The Balaban J connectivity index is 1.30. The van der Waals surface area contributed by atoms with Gasteiger partial charge >= 0.3 is 0 Å². The van der Waals surface area contributed by atoms with Crippen LogP contribution in [0.5, 0.6) is 0 Å². The Labute approximate surface area is 191 Å². The van der Waals surface area contributed by atoms with E-state index in [1.165, 1.54) is 11.3 Å². The van der Waals surface area contributed by atoms with Crippen LogP contribution in [0.1, 0.15) is 29.6 Å². The van der Waals surface area contributed by atoms with E-state index in [0.29, 0.717) is 63.2 Å². The highest BCUT2D eigenvalue weighted by Gasteiger charge is 2.25. The first-order valence-electron chi connectivity index (χ1n) is 10.8. The Bertz CT molecular complexity index is 1010. The molecule has 1 aliphatic rings. The summed E-state index contributed by atoms with van der Waals surface area (Å²) in [6.45, 7) is 5.86. The van der Waals surface area contributed by atoms with Crippen LogP contribution in [0.15, 0.2) is 52.3 Å². The Hall–Kier alpha value is -3.04. The van der Waals surface area contributed by atoms with E-state index in [-0.39, 0.29) is 11.8 Å². The number of piperazine rings is 1. The second-order valence-electron chi connectivity index (χ2n) is 7.73. The summed E-state index contributed by atoms with van der Waals surface area (Å²) in [6, 6.07) is 13.2. The van der Waals surface area contributed by atoms with Crippen molar-refractivity contribution in [1.82, 2.24) is 24.9 Å². The third-order valence-corrected chi connectivity index (χ3v) is 6.27. The molecule has 1 fully saturated rings. The summed E-state index contributed by atoms with van der Waals surface area (Å²) in [7, 11) is 0. The summed E-state index contributed by atoms with van der Waals surface area (Å²) in [5.74, 6) is 0.999. The summed E-state index contributed by atoms with van der Waals surface area (Å²) < 4.78 is 5.76. The molecular formula is C23H27N5O3S. The smallest absolute Gasteiger partial charge is 0.257 e. The van der Waals surface area contributed by atoms with Crippen LogP contribution in [-0.4, -0.2) is 76.0 Å². The minimum Gasteiger partial charge on any atom is -0.418 e. The maximum atomic E-state index is 13.0. The van der Waals surface area contributed by atoms with Crippen LogP contribution in [-0.2, 0) is 11.3 Å². The fourth-order valence-electron chi connectivity index (χ4n) is 3.71. The zero-order chi connectivity index (χ0) is 22.3. The molecule has 0 spiro atoms. The lowest BCUT2D eigenvalue weighted by Gasteiger charge is -2.35. The number of thiophene rings is 1. The van der Waals surface area contributed by atoms with Crippen LogP contribution < -0.4 is 0 Å². The van der Waals surface area contributed by atoms with Gasteiger partial charge in [-0.1, -0.05) is 31.2 Å². The summed E-state index contributed by atoms with van der Waals surface area (Å²) in [6.07, 6.45) is 0.844. The molecule has 0 saturated carbocycles. The normalized spacial score (nSPS) is 14.5. The van der Waals surface area contributed by atoms with Gasteiger partial charge < -0.3 is 14.2 Å². The molecule has 1 aliphatic heterocycles. The summed E-state index contributed by atoms with van der Waals surface area (Å²) in [5, 5.41) is 10.2. The topological polar surface area (TPSA) is 82.8 Å². The molecule has 0 bridgehead atoms. The number of aromatic nitrogens is 2. The van der Waals surface area contributed by atoms with Crippen LogP contribution in [0.25, 0.3) is 10.8 Å². The largest absolute Gasteiger partial charge is 0.418 e. The van der Waals surface area contributed by atoms with Gasteiger partial charge in [0.25, 0.3) is 11.8 Å². The van der Waals surface area contributed by atoms with Crippen LogP contribution in [0.4, 0.5) is 0 Å². The van der Waals surface area contributed by atoms with E-state index < -0.39 is 0 Å². The van der Waals surface area contributed by atoms with Crippen molar-refractivity contribution in [3.05, 3.63) is 59.3 Å². The van der Waals surface area contributed by atoms with Gasteiger partial charge in [0, 0.05) is 38.3 Å². The minimum absolute atomic E-state index is 0.0329. The monoisotopic (exact) mass is 453 g/mol. The first kappa shape index (κ1) is 22.2. The molecule has 3 heterocycles. The molecule has 2 amide bonds. The van der Waals surface area contributed by atoms with Crippen molar-refractivity contribution in [2.75, 3.05) is 39.3 Å². The highest BCUT2D eigenvalue weighted by atomic mass is 32.1. The van der Waals surface area contributed by atoms with Crippen molar-refractivity contribution >= 4 is 23.2 Å². The first-order chi connectivity index (χ1) is 15.6. The molecule has 3 aromatic rings. The van der Waals surface area contributed by atoms with Gasteiger partial charge in [0.15, 0.2) is 0 Å². The van der Waals surface area contributed by atoms with E-state index in [9.17, 15) is 9.59 Å². The summed E-state index contributed by atoms with van der Waals surface area (Å²) in [4.78, 5) is 32.3. The Morgan fingerprint density at radius 3 is 2.53 bits per heavy atom. The molecular weight excluding hydrogens is 426 g/mol. The van der Waals surface area contributed by atoms with Gasteiger partial charge in [0.2, 0.25) is 11.8 Å². The van der Waals surface area contributed by atoms with Crippen molar-refractivity contribution in [2.24, 2.45) is 0 Å². The molecule has 9 heteroatoms. The third kappa shape index (κ3) is 5.41. The molecule has 1 aromatic carbocycles. The van der Waals surface area contributed by atoms with Crippen molar-refractivity contribution in [1.29, 1.82) is 0 Å². The van der Waals surface area contributed by atoms with Gasteiger partial charge in [0.05, 0.1) is 18.0 Å². The molecule has 32 heavy (non-hydrogen) atoms. The number of nitrogens with zero attached hydrogens (tertiary/aromatic N) is 5. The predicted octanol–water partition coefficient (Wildman–Crippen LogP) is 2.99. The van der Waals surface area contributed by atoms with Crippen molar-refractivity contribution < 1.29 is 14.0 Å². The lowest BCUT2D eigenvalue weighted by molar-refractivity contribution is -0.133. The molecule has 0 atom stereocenters. The fourth-order valence-corrected chi connectivity index (χ4v) is 4.35. The molecule has 168 valence electrons. The Kier molecular flexibility index (Phi) is 7.28. The Morgan fingerprint density at radius 1 is 1.06 bits per heavy atom. The predicted molar refractivity (Wildman–Crippen MR) is 122 cm³/mol. The van der Waals surface area contributed by atoms with E-state index in [2.05, 4.69) is 15.1 Å². The quantitative estimate of drug-likeness (QED) is 0.522. The highest BCUT2D eigenvalue weighted by Crippen LogP contribution is 2.23. The van der Waals surface area contributed by atoms with Crippen molar-refractivity contribution in [3.63, 3.8) is 0 Å². The zero-order valence-corrected chi connectivity index (χ0v) is 19.0. The van der Waals surface area contributed by atoms with E-state index >= 15 is 0 Å². The zero-order valence-electron chi connectivity index (χ0n) is 18.1. The van der Waals surface area contributed by atoms with Gasteiger partial charge in [-0.25, -0.2) is 0 Å². The molecule has 1 saturated heterocycles. The van der Waals surface area contributed by atoms with Crippen molar-refractivity contribution in [2.45, 2.75) is 19.9 Å². The third-order valence-electron chi connectivity index (χ3n) is 5.41. The van der Waals surface area contributed by atoms with Crippen LogP contribution in [0.3, 0.4) is 0 Å². The number of hydrogen-bond acceptors (Lipinski definition) is 7. The number of amides is 2. The number of hydrogen-bond donors (Lipinski definition) is 0. The van der Waals surface area contributed by atoms with Gasteiger partial charge in [-0.2, -0.15) is 0 Å². The molecule has 0 aliphatic carbocycles. The Morgan fingerprint density at radius 2 is 1.84 bits per heavy atom. The maximum absolute atomic E-state index is 13.0. The molecule has 0 radical (unpaired) electrons. The summed E-state index contributed by atoms with van der Waals surface area (Å²) in [5.41, 5.74) is 0.702. The number of carbonyl (C=O) groups is 2. The van der Waals surface area contributed by atoms with E-state index in [1.807, 2.05) is 59.7 Å². The lowest BCUT2D eigenvalue weighted by Crippen LogP contribution is -2.51. The lowest BCUT2D eigenvalue weighted by atomic mass is 10.2.